The van der Waals surface area contributed by atoms with Gasteiger partial charge in [-0.1, -0.05) is 71.4 Å². The molecule has 4 amide bonds. The molecule has 8 atom stereocenters. The molecule has 0 unspecified atom stereocenters. The van der Waals surface area contributed by atoms with E-state index in [1.807, 2.05) is 65.0 Å². The average molecular weight is 706 g/mol. The van der Waals surface area contributed by atoms with Crippen molar-refractivity contribution >= 4 is 23.6 Å². The van der Waals surface area contributed by atoms with E-state index >= 15 is 0 Å². The SMILES string of the molecule is CCOCCNC(=O)[C@H](Cc1ccccc1)NC(=O)[C@H](C)[C@@H](OC)[C@@H]1CCCN1C(=O)C[C@@H](OC)[C@H]([C@@H](C)CC)N(C)C(=O)[C@@H](NO)C(C)C. The van der Waals surface area contributed by atoms with E-state index in [0.717, 1.165) is 18.4 Å². The van der Waals surface area contributed by atoms with E-state index in [2.05, 4.69) is 16.1 Å². The first-order valence-corrected chi connectivity index (χ1v) is 18.1. The van der Waals surface area contributed by atoms with Crippen LogP contribution >= 0.6 is 0 Å². The molecule has 284 valence electrons. The predicted octanol–water partition coefficient (Wildman–Crippen LogP) is 2.79. The molecule has 50 heavy (non-hydrogen) atoms. The highest BCUT2D eigenvalue weighted by Crippen LogP contribution is 2.29. The lowest BCUT2D eigenvalue weighted by Crippen LogP contribution is -2.57. The number of hydrogen-bond acceptors (Lipinski definition) is 9. The Morgan fingerprint density at radius 2 is 1.70 bits per heavy atom. The Balaban J connectivity index is 2.23. The molecule has 1 aromatic rings. The van der Waals surface area contributed by atoms with Gasteiger partial charge in [0.15, 0.2) is 0 Å². The smallest absolute Gasteiger partial charge is 0.243 e. The zero-order chi connectivity index (χ0) is 37.4. The number of nitrogens with zero attached hydrogens (tertiary/aromatic N) is 2. The van der Waals surface area contributed by atoms with Gasteiger partial charge in [0.2, 0.25) is 23.6 Å². The molecule has 0 aliphatic carbocycles. The van der Waals surface area contributed by atoms with Gasteiger partial charge in [-0.15, -0.1) is 0 Å². The fourth-order valence-electron chi connectivity index (χ4n) is 6.89. The van der Waals surface area contributed by atoms with Gasteiger partial charge in [-0.25, -0.2) is 0 Å². The number of likely N-dealkylation sites (N-methyl/N-ethyl adjacent to an activating group) is 1. The number of carbonyl (C=O) groups excluding carboxylic acids is 4. The molecule has 1 fully saturated rings. The van der Waals surface area contributed by atoms with E-state index in [1.54, 1.807) is 30.9 Å². The second kappa shape index (κ2) is 22.0. The fraction of sp³-hybridized carbons (Fsp3) is 0.730. The first-order chi connectivity index (χ1) is 23.9. The van der Waals surface area contributed by atoms with E-state index < -0.39 is 36.3 Å². The van der Waals surface area contributed by atoms with Gasteiger partial charge in [0.25, 0.3) is 0 Å². The molecule has 0 bridgehead atoms. The summed E-state index contributed by atoms with van der Waals surface area (Å²) in [5.41, 5.74) is 3.05. The van der Waals surface area contributed by atoms with Gasteiger partial charge in [0.1, 0.15) is 12.1 Å². The monoisotopic (exact) mass is 705 g/mol. The Kier molecular flexibility index (Phi) is 18.9. The van der Waals surface area contributed by atoms with Crippen LogP contribution in [0, 0.1) is 17.8 Å². The molecule has 0 saturated carbocycles. The fourth-order valence-corrected chi connectivity index (χ4v) is 6.89. The highest BCUT2D eigenvalue weighted by Gasteiger charge is 2.43. The van der Waals surface area contributed by atoms with Crippen molar-refractivity contribution in [2.75, 3.05) is 47.6 Å². The number of benzene rings is 1. The Hall–Kier alpha value is -3.10. The van der Waals surface area contributed by atoms with E-state index in [4.69, 9.17) is 14.2 Å². The number of ether oxygens (including phenoxy) is 3. The van der Waals surface area contributed by atoms with Gasteiger partial charge >= 0.3 is 0 Å². The largest absolute Gasteiger partial charge is 0.380 e. The number of nitrogens with one attached hydrogen (secondary N) is 3. The van der Waals surface area contributed by atoms with Crippen LogP contribution in [-0.4, -0.2) is 123 Å². The molecule has 0 radical (unpaired) electrons. The number of likely N-dealkylation sites (tertiary alicyclic amines) is 1. The lowest BCUT2D eigenvalue weighted by Gasteiger charge is -2.40. The average Bonchev–Trinajstić information content (AvgIpc) is 3.59. The standard InChI is InChI=1S/C37H63N5O8/c1-10-25(5)33(41(7)37(46)32(40-47)24(3)4)30(48-8)23-31(43)42-20-15-18-29(42)34(49-9)26(6)35(44)39-28(22-27-16-13-12-14-17-27)36(45)38-19-21-50-11-2/h12-14,16-17,24-26,28-30,32-34,40,47H,10-11,15,18-23H2,1-9H3,(H,38,45)(H,39,44)/t25-,26+,28-,29-,30+,32-,33-,34+/m0/s1. The molecule has 2 rings (SSSR count). The number of hydrogen-bond donors (Lipinski definition) is 4. The highest BCUT2D eigenvalue weighted by molar-refractivity contribution is 5.89. The summed E-state index contributed by atoms with van der Waals surface area (Å²) in [6.45, 7) is 13.1. The van der Waals surface area contributed by atoms with Crippen LogP contribution in [0.4, 0.5) is 0 Å². The zero-order valence-electron chi connectivity index (χ0n) is 31.6. The summed E-state index contributed by atoms with van der Waals surface area (Å²) in [6, 6.07) is 7.08. The maximum Gasteiger partial charge on any atom is 0.243 e. The number of amides is 4. The molecule has 1 aliphatic heterocycles. The Morgan fingerprint density at radius 3 is 2.26 bits per heavy atom. The van der Waals surface area contributed by atoms with E-state index in [9.17, 15) is 24.4 Å². The van der Waals surface area contributed by atoms with Crippen molar-refractivity contribution in [3.63, 3.8) is 0 Å². The molecule has 1 heterocycles. The molecule has 4 N–H and O–H groups in total. The van der Waals surface area contributed by atoms with E-state index in [1.165, 1.54) is 7.11 Å². The summed E-state index contributed by atoms with van der Waals surface area (Å²) in [5.74, 6) is -1.93. The maximum atomic E-state index is 14.0. The summed E-state index contributed by atoms with van der Waals surface area (Å²) >= 11 is 0. The second-order valence-electron chi connectivity index (χ2n) is 13.7. The molecule has 13 heteroatoms. The molecular formula is C37H63N5O8. The quantitative estimate of drug-likeness (QED) is 0.105. The lowest BCUT2D eigenvalue weighted by atomic mass is 9.89. The van der Waals surface area contributed by atoms with Gasteiger partial charge in [0, 0.05) is 47.4 Å². The molecule has 0 spiro atoms. The Bertz CT molecular complexity index is 1190. The van der Waals surface area contributed by atoms with Crippen LogP contribution in [0.2, 0.25) is 0 Å². The zero-order valence-corrected chi connectivity index (χ0v) is 31.6. The number of hydroxylamine groups is 1. The van der Waals surface area contributed by atoms with Crippen LogP contribution in [-0.2, 0) is 39.8 Å². The van der Waals surface area contributed by atoms with Crippen molar-refractivity contribution in [3.8, 4) is 0 Å². The van der Waals surface area contributed by atoms with Crippen LogP contribution in [0.3, 0.4) is 0 Å². The normalized spacial score (nSPS) is 18.9. The molecule has 13 nitrogen and oxygen atoms in total. The van der Waals surface area contributed by atoms with Crippen LogP contribution in [0.1, 0.15) is 72.8 Å². The summed E-state index contributed by atoms with van der Waals surface area (Å²) in [5, 5.41) is 15.5. The minimum atomic E-state index is -0.816. The minimum absolute atomic E-state index is 0.00164. The Labute approximate surface area is 299 Å². The predicted molar refractivity (Wildman–Crippen MR) is 191 cm³/mol. The van der Waals surface area contributed by atoms with Crippen LogP contribution in [0.15, 0.2) is 30.3 Å². The van der Waals surface area contributed by atoms with Crippen LogP contribution in [0.25, 0.3) is 0 Å². The molecule has 1 aliphatic rings. The van der Waals surface area contributed by atoms with Crippen molar-refractivity contribution in [1.82, 2.24) is 25.9 Å². The summed E-state index contributed by atoms with van der Waals surface area (Å²) in [7, 11) is 4.77. The third kappa shape index (κ3) is 12.0. The van der Waals surface area contributed by atoms with Gasteiger partial charge < -0.3 is 39.9 Å². The minimum Gasteiger partial charge on any atom is -0.380 e. The van der Waals surface area contributed by atoms with E-state index in [-0.39, 0.29) is 47.9 Å². The van der Waals surface area contributed by atoms with Crippen molar-refractivity contribution in [1.29, 1.82) is 0 Å². The maximum absolute atomic E-state index is 14.0. The summed E-state index contributed by atoms with van der Waals surface area (Å²) < 4.78 is 17.2. The van der Waals surface area contributed by atoms with Gasteiger partial charge in [-0.2, -0.15) is 5.48 Å². The van der Waals surface area contributed by atoms with Gasteiger partial charge in [0.05, 0.1) is 43.2 Å². The van der Waals surface area contributed by atoms with Crippen LogP contribution < -0.4 is 16.1 Å². The third-order valence-electron chi connectivity index (χ3n) is 10.00. The van der Waals surface area contributed by atoms with Crippen molar-refractivity contribution < 1.29 is 38.6 Å². The van der Waals surface area contributed by atoms with Crippen molar-refractivity contribution in [3.05, 3.63) is 35.9 Å². The Morgan fingerprint density at radius 1 is 1.02 bits per heavy atom. The van der Waals surface area contributed by atoms with Crippen molar-refractivity contribution in [2.45, 2.75) is 110 Å². The number of carbonyl (C=O) groups is 4. The topological polar surface area (TPSA) is 159 Å². The first-order valence-electron chi connectivity index (χ1n) is 18.1. The highest BCUT2D eigenvalue weighted by atomic mass is 16.5. The molecule has 0 aromatic heterocycles. The number of rotatable bonds is 22. The van der Waals surface area contributed by atoms with Gasteiger partial charge in [-0.3, -0.25) is 19.2 Å². The van der Waals surface area contributed by atoms with Crippen LogP contribution in [0.5, 0.6) is 0 Å². The first kappa shape index (κ1) is 43.1. The second-order valence-corrected chi connectivity index (χ2v) is 13.7. The summed E-state index contributed by atoms with van der Waals surface area (Å²) in [6.07, 6.45) is 1.23. The number of methoxy groups -OCH3 is 2. The summed E-state index contributed by atoms with van der Waals surface area (Å²) in [4.78, 5) is 57.8. The van der Waals surface area contributed by atoms with Gasteiger partial charge in [-0.05, 0) is 37.2 Å². The molecule has 1 aromatic carbocycles. The lowest BCUT2D eigenvalue weighted by molar-refractivity contribution is -0.148. The molecular weight excluding hydrogens is 642 g/mol. The third-order valence-corrected chi connectivity index (χ3v) is 10.00. The molecule has 1 saturated heterocycles. The van der Waals surface area contributed by atoms with Crippen molar-refractivity contribution in [2.24, 2.45) is 17.8 Å². The van der Waals surface area contributed by atoms with E-state index in [0.29, 0.717) is 39.1 Å².